The van der Waals surface area contributed by atoms with Gasteiger partial charge in [-0.3, -0.25) is 0 Å². The molecule has 0 aliphatic rings. The molecule has 1 aromatic heterocycles. The quantitative estimate of drug-likeness (QED) is 0.332. The molecule has 4 rings (SSSR count). The second kappa shape index (κ2) is 8.82. The fourth-order valence-corrected chi connectivity index (χ4v) is 3.76. The van der Waals surface area contributed by atoms with Crippen LogP contribution in [0.5, 0.6) is 11.5 Å². The van der Waals surface area contributed by atoms with Crippen molar-refractivity contribution in [3.63, 3.8) is 0 Å². The molecule has 0 saturated heterocycles. The smallest absolute Gasteiger partial charge is 0.156 e. The molecule has 1 unspecified atom stereocenters. The van der Waals surface area contributed by atoms with Crippen LogP contribution in [0.1, 0.15) is 25.3 Å². The first-order valence-corrected chi connectivity index (χ1v) is 10.4. The van der Waals surface area contributed by atoms with E-state index in [9.17, 15) is 5.11 Å². The third kappa shape index (κ3) is 4.45. The zero-order valence-corrected chi connectivity index (χ0v) is 17.8. The minimum absolute atomic E-state index is 0.226. The molecular weight excluding hydrogens is 419 g/mol. The Hall–Kier alpha value is -2.95. The number of aromatic hydroxyl groups is 1. The maximum atomic E-state index is 9.67. The topological polar surface area (TPSA) is 58.1 Å². The van der Waals surface area contributed by atoms with Gasteiger partial charge in [-0.15, -0.1) is 0 Å². The number of benzene rings is 3. The van der Waals surface area contributed by atoms with Crippen molar-refractivity contribution in [2.24, 2.45) is 0 Å². The number of phenols is 1. The minimum Gasteiger partial charge on any atom is -0.508 e. The first-order valence-electron chi connectivity index (χ1n) is 9.60. The molecule has 1 atom stereocenters. The summed E-state index contributed by atoms with van der Waals surface area (Å²) >= 11 is 12.3. The molecule has 4 aromatic rings. The summed E-state index contributed by atoms with van der Waals surface area (Å²) in [5.41, 5.74) is 3.60. The summed E-state index contributed by atoms with van der Waals surface area (Å²) in [7, 11) is 0. The van der Waals surface area contributed by atoms with E-state index in [1.165, 1.54) is 0 Å². The zero-order valence-electron chi connectivity index (χ0n) is 16.3. The van der Waals surface area contributed by atoms with Crippen LogP contribution < -0.4 is 4.74 Å². The summed E-state index contributed by atoms with van der Waals surface area (Å²) in [5.74, 6) is 1.72. The van der Waals surface area contributed by atoms with Crippen LogP contribution in [0.3, 0.4) is 0 Å². The van der Waals surface area contributed by atoms with Gasteiger partial charge in [0, 0.05) is 10.6 Å². The average molecular weight is 439 g/mol. The number of nitrogens with one attached hydrogen (secondary N) is 1. The Balaban J connectivity index is 1.52. The highest BCUT2D eigenvalue weighted by Gasteiger charge is 2.17. The van der Waals surface area contributed by atoms with Crippen LogP contribution in [0.2, 0.25) is 10.0 Å². The summed E-state index contributed by atoms with van der Waals surface area (Å²) in [5, 5.41) is 10.8. The maximum Gasteiger partial charge on any atom is 0.156 e. The van der Waals surface area contributed by atoms with Crippen molar-refractivity contribution in [2.45, 2.75) is 19.4 Å². The van der Waals surface area contributed by atoms with E-state index in [-0.39, 0.29) is 11.9 Å². The van der Waals surface area contributed by atoms with Crippen LogP contribution in [-0.2, 0) is 0 Å². The van der Waals surface area contributed by atoms with E-state index in [1.54, 1.807) is 30.5 Å². The predicted octanol–water partition coefficient (Wildman–Crippen LogP) is 7.29. The first kappa shape index (κ1) is 20.3. The molecule has 3 aromatic carbocycles. The van der Waals surface area contributed by atoms with Crippen molar-refractivity contribution in [3.05, 3.63) is 88.8 Å². The fraction of sp³-hybridized carbons (Fsp3) is 0.125. The highest BCUT2D eigenvalue weighted by molar-refractivity contribution is 6.36. The van der Waals surface area contributed by atoms with Gasteiger partial charge < -0.3 is 14.8 Å². The van der Waals surface area contributed by atoms with Crippen molar-refractivity contribution in [1.82, 2.24) is 9.97 Å². The summed E-state index contributed by atoms with van der Waals surface area (Å²) < 4.78 is 6.17. The number of nitrogens with zero attached hydrogens (tertiary/aromatic N) is 1. The van der Waals surface area contributed by atoms with Gasteiger partial charge in [0.1, 0.15) is 17.3 Å². The lowest BCUT2D eigenvalue weighted by atomic mass is 10.1. The number of rotatable bonds is 6. The average Bonchev–Trinajstić information content (AvgIpc) is 3.22. The minimum atomic E-state index is -0.226. The molecule has 6 heteroatoms. The fourth-order valence-electron chi connectivity index (χ4n) is 3.25. The lowest BCUT2D eigenvalue weighted by Crippen LogP contribution is -2.08. The molecule has 0 radical (unpaired) electrons. The Morgan fingerprint density at radius 1 is 1.00 bits per heavy atom. The summed E-state index contributed by atoms with van der Waals surface area (Å²) in [4.78, 5) is 7.81. The Morgan fingerprint density at radius 3 is 2.50 bits per heavy atom. The van der Waals surface area contributed by atoms with Crippen molar-refractivity contribution in [2.75, 3.05) is 0 Å². The molecule has 30 heavy (non-hydrogen) atoms. The van der Waals surface area contributed by atoms with Crippen molar-refractivity contribution < 1.29 is 9.84 Å². The number of hydrogen-bond acceptors (Lipinski definition) is 3. The second-order valence-electron chi connectivity index (χ2n) is 6.90. The van der Waals surface area contributed by atoms with Crippen LogP contribution in [-0.4, -0.2) is 15.1 Å². The van der Waals surface area contributed by atoms with Gasteiger partial charge in [0.2, 0.25) is 0 Å². The standard InChI is InChI=1S/C24H20Cl2N2O2/c1-2-23(24-27-14-22(28-24)20-11-8-17(25)13-21(20)26)30-19-9-6-15(7-10-19)16-4-3-5-18(29)12-16/h3-14,23,29H,2H2,1H3,(H,27,28). The van der Waals surface area contributed by atoms with Gasteiger partial charge in [-0.25, -0.2) is 4.98 Å². The van der Waals surface area contributed by atoms with Gasteiger partial charge >= 0.3 is 0 Å². The van der Waals surface area contributed by atoms with Crippen LogP contribution in [0.25, 0.3) is 22.4 Å². The first-order chi connectivity index (χ1) is 14.5. The Labute approximate surface area is 185 Å². The largest absolute Gasteiger partial charge is 0.508 e. The van der Waals surface area contributed by atoms with Gasteiger partial charge in [-0.1, -0.05) is 54.4 Å². The molecular formula is C24H20Cl2N2O2. The van der Waals surface area contributed by atoms with Crippen molar-refractivity contribution in [1.29, 1.82) is 0 Å². The monoisotopic (exact) mass is 438 g/mol. The molecule has 2 N–H and O–H groups in total. The highest BCUT2D eigenvalue weighted by Crippen LogP contribution is 2.32. The molecule has 0 amide bonds. The third-order valence-corrected chi connectivity index (χ3v) is 5.35. The Bertz CT molecular complexity index is 1160. The zero-order chi connectivity index (χ0) is 21.1. The van der Waals surface area contributed by atoms with E-state index < -0.39 is 0 Å². The number of H-pyrrole nitrogens is 1. The molecule has 4 nitrogen and oxygen atoms in total. The van der Waals surface area contributed by atoms with E-state index in [1.807, 2.05) is 49.4 Å². The van der Waals surface area contributed by atoms with Crippen LogP contribution in [0.4, 0.5) is 0 Å². The van der Waals surface area contributed by atoms with Crippen LogP contribution in [0.15, 0.2) is 72.9 Å². The highest BCUT2D eigenvalue weighted by atomic mass is 35.5. The number of phenolic OH excluding ortho intramolecular Hbond substituents is 1. The Morgan fingerprint density at radius 2 is 1.80 bits per heavy atom. The molecule has 0 aliphatic carbocycles. The van der Waals surface area contributed by atoms with Crippen LogP contribution >= 0.6 is 23.2 Å². The second-order valence-corrected chi connectivity index (χ2v) is 7.74. The van der Waals surface area contributed by atoms with E-state index in [2.05, 4.69) is 9.97 Å². The van der Waals surface area contributed by atoms with Crippen molar-refractivity contribution in [3.8, 4) is 33.9 Å². The number of imidazole rings is 1. The Kier molecular flexibility index (Phi) is 5.98. The molecule has 0 aliphatic heterocycles. The molecule has 1 heterocycles. The lowest BCUT2D eigenvalue weighted by molar-refractivity contribution is 0.192. The van der Waals surface area contributed by atoms with E-state index in [0.717, 1.165) is 40.4 Å². The molecule has 0 saturated carbocycles. The van der Waals surface area contributed by atoms with Gasteiger partial charge in [-0.05, 0) is 60.0 Å². The van der Waals surface area contributed by atoms with Gasteiger partial charge in [0.25, 0.3) is 0 Å². The molecule has 0 fully saturated rings. The summed E-state index contributed by atoms with van der Waals surface area (Å²) in [6.07, 6.45) is 2.27. The summed E-state index contributed by atoms with van der Waals surface area (Å²) in [6.45, 7) is 2.04. The molecule has 0 spiro atoms. The lowest BCUT2D eigenvalue weighted by Gasteiger charge is -2.16. The van der Waals surface area contributed by atoms with Gasteiger partial charge in [0.15, 0.2) is 6.10 Å². The van der Waals surface area contributed by atoms with E-state index >= 15 is 0 Å². The van der Waals surface area contributed by atoms with E-state index in [4.69, 9.17) is 27.9 Å². The number of hydrogen-bond donors (Lipinski definition) is 2. The SMILES string of the molecule is CCC(Oc1ccc(-c2cccc(O)c2)cc1)c1ncc(-c2ccc(Cl)cc2Cl)[nH]1. The van der Waals surface area contributed by atoms with Crippen molar-refractivity contribution >= 4 is 23.2 Å². The number of halogens is 2. The number of ether oxygens (including phenoxy) is 1. The van der Waals surface area contributed by atoms with Gasteiger partial charge in [0.05, 0.1) is 16.9 Å². The number of aromatic amines is 1. The molecule has 152 valence electrons. The molecule has 0 bridgehead atoms. The normalized spacial score (nSPS) is 12.0. The maximum absolute atomic E-state index is 9.67. The predicted molar refractivity (Wildman–Crippen MR) is 121 cm³/mol. The van der Waals surface area contributed by atoms with E-state index in [0.29, 0.717) is 10.0 Å². The third-order valence-electron chi connectivity index (χ3n) is 4.80. The number of aromatic nitrogens is 2. The van der Waals surface area contributed by atoms with Crippen LogP contribution in [0, 0.1) is 0 Å². The summed E-state index contributed by atoms with van der Waals surface area (Å²) in [6, 6.07) is 20.3. The van der Waals surface area contributed by atoms with Gasteiger partial charge in [-0.2, -0.15) is 0 Å².